The number of carbonyl (C=O) groups excluding carboxylic acids is 3. The Balaban J connectivity index is 1.85. The smallest absolute Gasteiger partial charge is 0.407 e. The summed E-state index contributed by atoms with van der Waals surface area (Å²) < 4.78 is 5.33. The fourth-order valence-corrected chi connectivity index (χ4v) is 4.20. The van der Waals surface area contributed by atoms with Crippen LogP contribution in [0.5, 0.6) is 0 Å². The molecule has 37 heavy (non-hydrogen) atoms. The number of alkyl carbamates (subject to hydrolysis) is 1. The van der Waals surface area contributed by atoms with E-state index in [0.717, 1.165) is 0 Å². The van der Waals surface area contributed by atoms with E-state index < -0.39 is 36.0 Å². The first kappa shape index (κ1) is 28.1. The third-order valence-corrected chi connectivity index (χ3v) is 6.39. The number of benzene rings is 1. The van der Waals surface area contributed by atoms with Crippen LogP contribution in [0, 0.1) is 6.92 Å². The van der Waals surface area contributed by atoms with Gasteiger partial charge in [-0.2, -0.15) is 0 Å². The minimum Gasteiger partial charge on any atom is -0.480 e. The molecule has 3 rings (SSSR count). The summed E-state index contributed by atoms with van der Waals surface area (Å²) in [7, 11) is 0. The van der Waals surface area contributed by atoms with Crippen molar-refractivity contribution in [2.24, 2.45) is 0 Å². The number of nitrogens with one attached hydrogen (secondary N) is 4. The number of aryl methyl sites for hydroxylation is 1. The molecule has 0 unspecified atom stereocenters. The number of aliphatic carboxylic acids is 1. The zero-order chi connectivity index (χ0) is 27.5. The first-order valence-electron chi connectivity index (χ1n) is 11.5. The van der Waals surface area contributed by atoms with E-state index in [0.29, 0.717) is 36.6 Å². The molecule has 0 spiro atoms. The van der Waals surface area contributed by atoms with Crippen LogP contribution in [0.15, 0.2) is 18.2 Å². The van der Waals surface area contributed by atoms with Gasteiger partial charge in [-0.1, -0.05) is 23.2 Å². The van der Waals surface area contributed by atoms with E-state index >= 15 is 0 Å². The second-order valence-electron chi connectivity index (χ2n) is 9.59. The molecule has 11 nitrogen and oxygen atoms in total. The Morgan fingerprint density at radius 3 is 2.46 bits per heavy atom. The van der Waals surface area contributed by atoms with Crippen LogP contribution in [0.2, 0.25) is 10.0 Å². The molecule has 200 valence electrons. The molecule has 1 fully saturated rings. The van der Waals surface area contributed by atoms with Gasteiger partial charge in [-0.15, -0.1) is 0 Å². The zero-order valence-corrected chi connectivity index (χ0v) is 22.3. The third kappa shape index (κ3) is 7.30. The molecule has 1 atom stereocenters. The standard InChI is InChI=1S/C24H29Cl2N5O6/c1-12-18(25)19(26)20(28-12)22(35)30-15-6-5-13(21(34)27-10-17(32)33)9-16(15)31-8-7-14(11-31)29-23(36)37-24(2,3)4/h5-6,9,14,28H,7-8,10-11H2,1-4H3,(H,27,34)(H,29,36)(H,30,35)(H,32,33)/t14-/m1/s1. The van der Waals surface area contributed by atoms with Gasteiger partial charge in [-0.3, -0.25) is 14.4 Å². The zero-order valence-electron chi connectivity index (χ0n) is 20.8. The molecule has 13 heteroatoms. The topological polar surface area (TPSA) is 153 Å². The normalized spacial score (nSPS) is 15.3. The Morgan fingerprint density at radius 1 is 1.16 bits per heavy atom. The Hall–Kier alpha value is -3.44. The van der Waals surface area contributed by atoms with Crippen molar-refractivity contribution in [3.63, 3.8) is 0 Å². The van der Waals surface area contributed by atoms with Crippen molar-refractivity contribution in [1.82, 2.24) is 15.6 Å². The van der Waals surface area contributed by atoms with E-state index in [1.807, 2.05) is 4.90 Å². The maximum absolute atomic E-state index is 13.0. The lowest BCUT2D eigenvalue weighted by Crippen LogP contribution is -2.40. The van der Waals surface area contributed by atoms with E-state index in [1.165, 1.54) is 6.07 Å². The van der Waals surface area contributed by atoms with Crippen molar-refractivity contribution in [3.05, 3.63) is 45.2 Å². The molecule has 3 amide bonds. The van der Waals surface area contributed by atoms with Crippen LogP contribution in [0.25, 0.3) is 0 Å². The van der Waals surface area contributed by atoms with Crippen LogP contribution in [-0.4, -0.2) is 65.2 Å². The molecular weight excluding hydrogens is 525 g/mol. The average molecular weight is 554 g/mol. The lowest BCUT2D eigenvalue weighted by Gasteiger charge is -2.24. The van der Waals surface area contributed by atoms with Crippen molar-refractivity contribution in [1.29, 1.82) is 0 Å². The number of amides is 3. The lowest BCUT2D eigenvalue weighted by atomic mass is 10.1. The molecule has 5 N–H and O–H groups in total. The van der Waals surface area contributed by atoms with Crippen LogP contribution >= 0.6 is 23.2 Å². The van der Waals surface area contributed by atoms with Gasteiger partial charge in [0.05, 0.1) is 27.5 Å². The highest BCUT2D eigenvalue weighted by atomic mass is 35.5. The van der Waals surface area contributed by atoms with Crippen LogP contribution in [0.1, 0.15) is 53.7 Å². The number of ether oxygens (including phenoxy) is 1. The van der Waals surface area contributed by atoms with Crippen molar-refractivity contribution < 1.29 is 29.0 Å². The molecular formula is C24H29Cl2N5O6. The molecule has 0 bridgehead atoms. The first-order chi connectivity index (χ1) is 17.2. The molecule has 0 saturated carbocycles. The summed E-state index contributed by atoms with van der Waals surface area (Å²) in [6, 6.07) is 4.33. The Labute approximate surface area is 223 Å². The fourth-order valence-electron chi connectivity index (χ4n) is 3.78. The summed E-state index contributed by atoms with van der Waals surface area (Å²) >= 11 is 12.3. The lowest BCUT2D eigenvalue weighted by molar-refractivity contribution is -0.135. The van der Waals surface area contributed by atoms with Gasteiger partial charge in [0.1, 0.15) is 17.8 Å². The summed E-state index contributed by atoms with van der Waals surface area (Å²) in [5.74, 6) is -2.30. The van der Waals surface area contributed by atoms with Gasteiger partial charge in [0.25, 0.3) is 11.8 Å². The van der Waals surface area contributed by atoms with Gasteiger partial charge in [0.2, 0.25) is 0 Å². The predicted molar refractivity (Wildman–Crippen MR) is 140 cm³/mol. The quantitative estimate of drug-likeness (QED) is 0.349. The summed E-state index contributed by atoms with van der Waals surface area (Å²) in [6.07, 6.45) is 0.0580. The highest BCUT2D eigenvalue weighted by molar-refractivity contribution is 6.44. The molecule has 1 aliphatic rings. The second-order valence-corrected chi connectivity index (χ2v) is 10.3. The maximum Gasteiger partial charge on any atom is 0.407 e. The number of anilines is 2. The van der Waals surface area contributed by atoms with Gasteiger partial charge < -0.3 is 35.7 Å². The summed E-state index contributed by atoms with van der Waals surface area (Å²) in [5, 5.41) is 17.1. The monoisotopic (exact) mass is 553 g/mol. The van der Waals surface area contributed by atoms with E-state index in [-0.39, 0.29) is 27.3 Å². The number of carboxylic acids is 1. The van der Waals surface area contributed by atoms with Crippen LogP contribution in [-0.2, 0) is 9.53 Å². The molecule has 0 aliphatic carbocycles. The minimum atomic E-state index is -1.18. The van der Waals surface area contributed by atoms with Crippen LogP contribution < -0.4 is 20.9 Å². The van der Waals surface area contributed by atoms with Gasteiger partial charge in [-0.25, -0.2) is 4.79 Å². The Morgan fingerprint density at radius 2 is 1.86 bits per heavy atom. The molecule has 1 saturated heterocycles. The molecule has 2 aromatic rings. The third-order valence-electron chi connectivity index (χ3n) is 5.44. The van der Waals surface area contributed by atoms with Crippen molar-refractivity contribution >= 4 is 58.5 Å². The molecule has 1 aromatic carbocycles. The van der Waals surface area contributed by atoms with Gasteiger partial charge >= 0.3 is 12.1 Å². The Bertz CT molecular complexity index is 1220. The summed E-state index contributed by atoms with van der Waals surface area (Å²) in [6.45, 7) is 7.36. The average Bonchev–Trinajstić information content (AvgIpc) is 3.36. The number of carbonyl (C=O) groups is 4. The number of carboxylic acid groups (broad SMARTS) is 1. The predicted octanol–water partition coefficient (Wildman–Crippen LogP) is 3.80. The fraction of sp³-hybridized carbons (Fsp3) is 0.417. The van der Waals surface area contributed by atoms with E-state index in [9.17, 15) is 19.2 Å². The number of halogens is 2. The maximum atomic E-state index is 13.0. The second kappa shape index (κ2) is 11.3. The number of nitrogens with zero attached hydrogens (tertiary/aromatic N) is 1. The molecule has 2 heterocycles. The SMILES string of the molecule is Cc1[nH]c(C(=O)Nc2ccc(C(=O)NCC(=O)O)cc2N2CC[C@@H](NC(=O)OC(C)(C)C)C2)c(Cl)c1Cl. The van der Waals surface area contributed by atoms with Gasteiger partial charge in [0.15, 0.2) is 0 Å². The van der Waals surface area contributed by atoms with Crippen molar-refractivity contribution in [2.45, 2.75) is 45.8 Å². The number of hydrogen-bond donors (Lipinski definition) is 5. The molecule has 1 aliphatic heterocycles. The van der Waals surface area contributed by atoms with Crippen LogP contribution in [0.3, 0.4) is 0 Å². The number of H-pyrrole nitrogens is 1. The number of rotatable bonds is 7. The van der Waals surface area contributed by atoms with Crippen LogP contribution in [0.4, 0.5) is 16.2 Å². The van der Waals surface area contributed by atoms with Crippen molar-refractivity contribution in [3.8, 4) is 0 Å². The highest BCUT2D eigenvalue weighted by Crippen LogP contribution is 2.33. The highest BCUT2D eigenvalue weighted by Gasteiger charge is 2.29. The van der Waals surface area contributed by atoms with Gasteiger partial charge in [-0.05, 0) is 52.3 Å². The molecule has 0 radical (unpaired) electrons. The van der Waals surface area contributed by atoms with Gasteiger partial charge in [0, 0.05) is 24.3 Å². The largest absolute Gasteiger partial charge is 0.480 e. The summed E-state index contributed by atoms with van der Waals surface area (Å²) in [4.78, 5) is 53.3. The Kier molecular flexibility index (Phi) is 8.60. The number of aromatic nitrogens is 1. The number of hydrogen-bond acceptors (Lipinski definition) is 6. The summed E-state index contributed by atoms with van der Waals surface area (Å²) in [5.41, 5.74) is 1.09. The molecule has 1 aromatic heterocycles. The minimum absolute atomic E-state index is 0.0873. The van der Waals surface area contributed by atoms with E-state index in [2.05, 4.69) is 20.9 Å². The van der Waals surface area contributed by atoms with E-state index in [1.54, 1.807) is 39.8 Å². The van der Waals surface area contributed by atoms with Crippen molar-refractivity contribution in [2.75, 3.05) is 29.9 Å². The number of aromatic amines is 1. The first-order valence-corrected chi connectivity index (χ1v) is 12.2. The van der Waals surface area contributed by atoms with E-state index in [4.69, 9.17) is 33.0 Å².